The zero-order valence-electron chi connectivity index (χ0n) is 9.01. The van der Waals surface area contributed by atoms with Crippen LogP contribution < -0.4 is 4.90 Å². The van der Waals surface area contributed by atoms with Crippen LogP contribution in [0, 0.1) is 0 Å². The minimum atomic E-state index is 0.611. The quantitative estimate of drug-likeness (QED) is 0.749. The standard InChI is InChI=1S/C12H14BrN3/c13-10-3-2-7-15(9-10)12-5-1-4-11-14-6-8-16(11)12/h1,4-6,8,10H,2-3,7,9H2. The van der Waals surface area contributed by atoms with Gasteiger partial charge < -0.3 is 4.90 Å². The smallest absolute Gasteiger partial charge is 0.138 e. The summed E-state index contributed by atoms with van der Waals surface area (Å²) in [7, 11) is 0. The number of alkyl halides is 1. The van der Waals surface area contributed by atoms with Gasteiger partial charge in [0.25, 0.3) is 0 Å². The van der Waals surface area contributed by atoms with Crippen LogP contribution in [0.3, 0.4) is 0 Å². The molecule has 1 fully saturated rings. The molecule has 0 spiro atoms. The fraction of sp³-hybridized carbons (Fsp3) is 0.417. The lowest BCUT2D eigenvalue weighted by atomic mass is 10.1. The average molecular weight is 280 g/mol. The van der Waals surface area contributed by atoms with Crippen molar-refractivity contribution in [2.75, 3.05) is 18.0 Å². The first-order valence-electron chi connectivity index (χ1n) is 5.66. The van der Waals surface area contributed by atoms with Gasteiger partial charge in [0.15, 0.2) is 0 Å². The van der Waals surface area contributed by atoms with Crippen LogP contribution in [0.15, 0.2) is 30.6 Å². The van der Waals surface area contributed by atoms with E-state index in [-0.39, 0.29) is 0 Å². The summed E-state index contributed by atoms with van der Waals surface area (Å²) in [6, 6.07) is 6.29. The van der Waals surface area contributed by atoms with Gasteiger partial charge in [0.1, 0.15) is 11.5 Å². The molecular weight excluding hydrogens is 266 g/mol. The molecule has 1 aliphatic heterocycles. The highest BCUT2D eigenvalue weighted by Gasteiger charge is 2.19. The number of piperidine rings is 1. The summed E-state index contributed by atoms with van der Waals surface area (Å²) in [6.07, 6.45) is 6.41. The molecule has 0 radical (unpaired) electrons. The lowest BCUT2D eigenvalue weighted by molar-refractivity contribution is 0.589. The highest BCUT2D eigenvalue weighted by atomic mass is 79.9. The Morgan fingerprint density at radius 1 is 1.38 bits per heavy atom. The Hall–Kier alpha value is -1.03. The van der Waals surface area contributed by atoms with Crippen LogP contribution in [0.4, 0.5) is 5.82 Å². The summed E-state index contributed by atoms with van der Waals surface area (Å²) in [6.45, 7) is 2.22. The molecule has 3 heterocycles. The van der Waals surface area contributed by atoms with Gasteiger partial charge in [-0.1, -0.05) is 22.0 Å². The highest BCUT2D eigenvalue weighted by Crippen LogP contribution is 2.23. The molecule has 0 N–H and O–H groups in total. The SMILES string of the molecule is BrC1CCCN(c2cccc3nccn23)C1. The van der Waals surface area contributed by atoms with E-state index in [2.05, 4.69) is 42.3 Å². The molecule has 16 heavy (non-hydrogen) atoms. The number of imidazole rings is 1. The average Bonchev–Trinajstić information content (AvgIpc) is 2.76. The zero-order chi connectivity index (χ0) is 11.0. The lowest BCUT2D eigenvalue weighted by Gasteiger charge is -2.32. The van der Waals surface area contributed by atoms with Crippen molar-refractivity contribution in [3.63, 3.8) is 0 Å². The molecule has 4 heteroatoms. The number of nitrogens with zero attached hydrogens (tertiary/aromatic N) is 3. The van der Waals surface area contributed by atoms with Crippen LogP contribution in [0.25, 0.3) is 5.65 Å². The first kappa shape index (κ1) is 10.1. The van der Waals surface area contributed by atoms with E-state index >= 15 is 0 Å². The Kier molecular flexibility index (Phi) is 2.59. The monoisotopic (exact) mass is 279 g/mol. The van der Waals surface area contributed by atoms with Gasteiger partial charge >= 0.3 is 0 Å². The van der Waals surface area contributed by atoms with Gasteiger partial charge in [0.2, 0.25) is 0 Å². The third-order valence-electron chi connectivity index (χ3n) is 3.09. The number of pyridine rings is 1. The zero-order valence-corrected chi connectivity index (χ0v) is 10.6. The van der Waals surface area contributed by atoms with Crippen molar-refractivity contribution in [3.8, 4) is 0 Å². The molecule has 3 nitrogen and oxygen atoms in total. The van der Waals surface area contributed by atoms with Crippen molar-refractivity contribution in [1.29, 1.82) is 0 Å². The Morgan fingerprint density at radius 2 is 2.31 bits per heavy atom. The van der Waals surface area contributed by atoms with E-state index in [1.165, 1.54) is 18.7 Å². The summed E-state index contributed by atoms with van der Waals surface area (Å²) in [4.78, 5) is 7.36. The summed E-state index contributed by atoms with van der Waals surface area (Å²) < 4.78 is 2.16. The fourth-order valence-electron chi connectivity index (χ4n) is 2.32. The number of halogens is 1. The van der Waals surface area contributed by atoms with Crippen molar-refractivity contribution in [3.05, 3.63) is 30.6 Å². The van der Waals surface area contributed by atoms with Crippen LogP contribution >= 0.6 is 15.9 Å². The van der Waals surface area contributed by atoms with Gasteiger partial charge in [-0.25, -0.2) is 4.98 Å². The molecule has 1 atom stereocenters. The third kappa shape index (κ3) is 1.71. The molecule has 1 aliphatic rings. The highest BCUT2D eigenvalue weighted by molar-refractivity contribution is 9.09. The molecule has 0 aliphatic carbocycles. The molecule has 2 aromatic heterocycles. The van der Waals surface area contributed by atoms with E-state index in [1.807, 2.05) is 18.5 Å². The van der Waals surface area contributed by atoms with Gasteiger partial charge in [-0.05, 0) is 25.0 Å². The van der Waals surface area contributed by atoms with Gasteiger partial charge in [-0.15, -0.1) is 0 Å². The minimum absolute atomic E-state index is 0.611. The Morgan fingerprint density at radius 3 is 3.19 bits per heavy atom. The maximum atomic E-state index is 4.32. The summed E-state index contributed by atoms with van der Waals surface area (Å²) in [5, 5.41) is 0. The van der Waals surface area contributed by atoms with E-state index < -0.39 is 0 Å². The van der Waals surface area contributed by atoms with Gasteiger partial charge in [-0.2, -0.15) is 0 Å². The van der Waals surface area contributed by atoms with Gasteiger partial charge in [0, 0.05) is 30.3 Å². The molecule has 2 aromatic rings. The van der Waals surface area contributed by atoms with Gasteiger partial charge in [0.05, 0.1) is 0 Å². The topological polar surface area (TPSA) is 20.5 Å². The number of rotatable bonds is 1. The van der Waals surface area contributed by atoms with E-state index in [4.69, 9.17) is 0 Å². The molecule has 1 saturated heterocycles. The molecule has 0 amide bonds. The van der Waals surface area contributed by atoms with Crippen molar-refractivity contribution < 1.29 is 0 Å². The molecule has 3 rings (SSSR count). The molecular formula is C12H14BrN3. The number of hydrogen-bond donors (Lipinski definition) is 0. The third-order valence-corrected chi connectivity index (χ3v) is 3.84. The fourth-order valence-corrected chi connectivity index (χ4v) is 3.00. The number of fused-ring (bicyclic) bond motifs is 1. The van der Waals surface area contributed by atoms with Crippen molar-refractivity contribution in [2.24, 2.45) is 0 Å². The molecule has 0 saturated carbocycles. The number of aromatic nitrogens is 2. The van der Waals surface area contributed by atoms with Crippen LogP contribution in [0.2, 0.25) is 0 Å². The van der Waals surface area contributed by atoms with E-state index in [9.17, 15) is 0 Å². The lowest BCUT2D eigenvalue weighted by Crippen LogP contribution is -2.36. The van der Waals surface area contributed by atoms with E-state index in [0.717, 1.165) is 18.7 Å². The Labute approximate surface area is 103 Å². The van der Waals surface area contributed by atoms with Crippen LogP contribution in [0.1, 0.15) is 12.8 Å². The van der Waals surface area contributed by atoms with Crippen LogP contribution in [0.5, 0.6) is 0 Å². The summed E-state index contributed by atoms with van der Waals surface area (Å²) in [5.41, 5.74) is 1.02. The first-order chi connectivity index (χ1) is 7.84. The van der Waals surface area contributed by atoms with Crippen LogP contribution in [-0.2, 0) is 0 Å². The van der Waals surface area contributed by atoms with E-state index in [0.29, 0.717) is 4.83 Å². The maximum Gasteiger partial charge on any atom is 0.138 e. The molecule has 0 bridgehead atoms. The largest absolute Gasteiger partial charge is 0.357 e. The van der Waals surface area contributed by atoms with Crippen molar-refractivity contribution >= 4 is 27.4 Å². The maximum absolute atomic E-state index is 4.32. The molecule has 84 valence electrons. The molecule has 0 aromatic carbocycles. The summed E-state index contributed by atoms with van der Waals surface area (Å²) in [5.74, 6) is 1.25. The minimum Gasteiger partial charge on any atom is -0.357 e. The van der Waals surface area contributed by atoms with Gasteiger partial charge in [-0.3, -0.25) is 4.40 Å². The first-order valence-corrected chi connectivity index (χ1v) is 6.57. The Bertz CT molecular complexity index is 494. The van der Waals surface area contributed by atoms with Crippen molar-refractivity contribution in [1.82, 2.24) is 9.38 Å². The predicted molar refractivity (Wildman–Crippen MR) is 69.4 cm³/mol. The number of anilines is 1. The number of hydrogen-bond acceptors (Lipinski definition) is 2. The second kappa shape index (κ2) is 4.09. The second-order valence-electron chi connectivity index (χ2n) is 4.22. The summed E-state index contributed by atoms with van der Waals surface area (Å²) >= 11 is 3.71. The normalized spacial score (nSPS) is 21.6. The Balaban J connectivity index is 2.01. The predicted octanol–water partition coefficient (Wildman–Crippen LogP) is 2.70. The second-order valence-corrected chi connectivity index (χ2v) is 5.52. The van der Waals surface area contributed by atoms with Crippen LogP contribution in [-0.4, -0.2) is 27.3 Å². The molecule has 1 unspecified atom stereocenters. The van der Waals surface area contributed by atoms with E-state index in [1.54, 1.807) is 0 Å². The van der Waals surface area contributed by atoms with Crippen molar-refractivity contribution in [2.45, 2.75) is 17.7 Å².